The zero-order valence-corrected chi connectivity index (χ0v) is 6.51. The molecule has 0 unspecified atom stereocenters. The molecule has 1 amide bonds. The van der Waals surface area contributed by atoms with Crippen molar-refractivity contribution in [2.75, 3.05) is 0 Å². The standard InChI is InChI=1S/C8H11NO/c1-5(2)7-4-8(10)9-6(7)3/h4-5H,1-3H3. The quantitative estimate of drug-likeness (QED) is 0.539. The summed E-state index contributed by atoms with van der Waals surface area (Å²) in [6.45, 7) is 5.99. The molecule has 0 aliphatic carbocycles. The van der Waals surface area contributed by atoms with Gasteiger partial charge in [0.2, 0.25) is 0 Å². The van der Waals surface area contributed by atoms with E-state index in [2.05, 4.69) is 18.8 Å². The normalized spacial score (nSPS) is 17.8. The Bertz CT molecular complexity index is 223. The Morgan fingerprint density at radius 1 is 1.50 bits per heavy atom. The van der Waals surface area contributed by atoms with Crippen molar-refractivity contribution in [3.05, 3.63) is 11.6 Å². The van der Waals surface area contributed by atoms with Crippen LogP contribution < -0.4 is 0 Å². The van der Waals surface area contributed by atoms with Crippen molar-refractivity contribution in [2.24, 2.45) is 10.9 Å². The molecule has 0 aromatic carbocycles. The molecule has 54 valence electrons. The van der Waals surface area contributed by atoms with Gasteiger partial charge in [0.1, 0.15) is 0 Å². The highest BCUT2D eigenvalue weighted by Crippen LogP contribution is 2.16. The highest BCUT2D eigenvalue weighted by atomic mass is 16.1. The fraction of sp³-hybridized carbons (Fsp3) is 0.500. The molecule has 0 saturated carbocycles. The van der Waals surface area contributed by atoms with Gasteiger partial charge < -0.3 is 0 Å². The molecule has 0 N–H and O–H groups in total. The van der Waals surface area contributed by atoms with Gasteiger partial charge in [-0.2, -0.15) is 0 Å². The van der Waals surface area contributed by atoms with Crippen LogP contribution in [0.15, 0.2) is 16.6 Å². The van der Waals surface area contributed by atoms with Crippen LogP contribution >= 0.6 is 0 Å². The van der Waals surface area contributed by atoms with E-state index in [-0.39, 0.29) is 5.91 Å². The molecule has 0 spiro atoms. The summed E-state index contributed by atoms with van der Waals surface area (Å²) >= 11 is 0. The van der Waals surface area contributed by atoms with Crippen LogP contribution in [-0.2, 0) is 4.79 Å². The lowest BCUT2D eigenvalue weighted by Crippen LogP contribution is -2.00. The molecule has 0 saturated heterocycles. The van der Waals surface area contributed by atoms with E-state index < -0.39 is 0 Å². The smallest absolute Gasteiger partial charge is 0.267 e. The summed E-state index contributed by atoms with van der Waals surface area (Å²) in [5.41, 5.74) is 1.95. The molecule has 1 aliphatic heterocycles. The molecule has 0 aromatic heterocycles. The monoisotopic (exact) mass is 137 g/mol. The summed E-state index contributed by atoms with van der Waals surface area (Å²) in [5, 5.41) is 0. The molecule has 0 fully saturated rings. The molecular weight excluding hydrogens is 126 g/mol. The first-order valence-electron chi connectivity index (χ1n) is 3.42. The second kappa shape index (κ2) is 2.37. The maximum Gasteiger partial charge on any atom is 0.270 e. The van der Waals surface area contributed by atoms with Crippen molar-refractivity contribution in [3.8, 4) is 0 Å². The lowest BCUT2D eigenvalue weighted by atomic mass is 10.0. The van der Waals surface area contributed by atoms with Gasteiger partial charge in [0.15, 0.2) is 0 Å². The molecule has 0 radical (unpaired) electrons. The molecule has 2 heteroatoms. The topological polar surface area (TPSA) is 29.4 Å². The Balaban J connectivity index is 2.90. The third kappa shape index (κ3) is 1.15. The lowest BCUT2D eigenvalue weighted by molar-refractivity contribution is -0.113. The Kier molecular flexibility index (Phi) is 1.70. The first-order chi connectivity index (χ1) is 4.61. The fourth-order valence-electron chi connectivity index (χ4n) is 1.08. The van der Waals surface area contributed by atoms with Crippen molar-refractivity contribution < 1.29 is 4.79 Å². The van der Waals surface area contributed by atoms with Crippen LogP contribution in [0.5, 0.6) is 0 Å². The molecule has 1 heterocycles. The van der Waals surface area contributed by atoms with E-state index in [0.717, 1.165) is 11.3 Å². The minimum atomic E-state index is -0.110. The van der Waals surface area contributed by atoms with Crippen LogP contribution in [0.3, 0.4) is 0 Å². The van der Waals surface area contributed by atoms with Crippen molar-refractivity contribution >= 4 is 11.6 Å². The minimum Gasteiger partial charge on any atom is -0.267 e. The maximum absolute atomic E-state index is 10.7. The second-order valence-electron chi connectivity index (χ2n) is 2.79. The molecule has 1 aliphatic rings. The third-order valence-corrected chi connectivity index (χ3v) is 1.60. The van der Waals surface area contributed by atoms with Gasteiger partial charge >= 0.3 is 0 Å². The summed E-state index contributed by atoms with van der Waals surface area (Å²) in [7, 11) is 0. The maximum atomic E-state index is 10.7. The Labute approximate surface area is 60.7 Å². The highest BCUT2D eigenvalue weighted by molar-refractivity contribution is 6.15. The van der Waals surface area contributed by atoms with Gasteiger partial charge in [-0.3, -0.25) is 4.79 Å². The van der Waals surface area contributed by atoms with E-state index in [0.29, 0.717) is 5.92 Å². The summed E-state index contributed by atoms with van der Waals surface area (Å²) < 4.78 is 0. The summed E-state index contributed by atoms with van der Waals surface area (Å²) in [6.07, 6.45) is 1.61. The van der Waals surface area contributed by atoms with Gasteiger partial charge in [-0.05, 0) is 18.4 Å². The lowest BCUT2D eigenvalue weighted by Gasteiger charge is -2.03. The van der Waals surface area contributed by atoms with Crippen molar-refractivity contribution in [3.63, 3.8) is 0 Å². The molecule has 1 rings (SSSR count). The zero-order chi connectivity index (χ0) is 7.72. The van der Waals surface area contributed by atoms with Crippen LogP contribution in [0.4, 0.5) is 0 Å². The van der Waals surface area contributed by atoms with Crippen molar-refractivity contribution in [2.45, 2.75) is 20.8 Å². The van der Waals surface area contributed by atoms with Crippen molar-refractivity contribution in [1.82, 2.24) is 0 Å². The molecule has 0 aromatic rings. The Morgan fingerprint density at radius 2 is 2.10 bits per heavy atom. The van der Waals surface area contributed by atoms with E-state index in [9.17, 15) is 4.79 Å². The van der Waals surface area contributed by atoms with Crippen LogP contribution in [0, 0.1) is 5.92 Å². The predicted molar refractivity (Wildman–Crippen MR) is 41.0 cm³/mol. The summed E-state index contributed by atoms with van der Waals surface area (Å²) in [6, 6.07) is 0. The van der Waals surface area contributed by atoms with Crippen LogP contribution in [-0.4, -0.2) is 11.6 Å². The average Bonchev–Trinajstić information content (AvgIpc) is 2.10. The number of nitrogens with zero attached hydrogens (tertiary/aromatic N) is 1. The van der Waals surface area contributed by atoms with Gasteiger partial charge in [0.05, 0.1) is 0 Å². The number of hydrogen-bond donors (Lipinski definition) is 0. The van der Waals surface area contributed by atoms with E-state index in [1.54, 1.807) is 6.08 Å². The number of carbonyl (C=O) groups excluding carboxylic acids is 1. The molecule has 0 atom stereocenters. The van der Waals surface area contributed by atoms with Crippen LogP contribution in [0.1, 0.15) is 20.8 Å². The van der Waals surface area contributed by atoms with Gasteiger partial charge in [0.25, 0.3) is 5.91 Å². The highest BCUT2D eigenvalue weighted by Gasteiger charge is 2.15. The summed E-state index contributed by atoms with van der Waals surface area (Å²) in [4.78, 5) is 14.5. The van der Waals surface area contributed by atoms with Gasteiger partial charge in [-0.1, -0.05) is 13.8 Å². The first kappa shape index (κ1) is 7.19. The molecule has 0 bridgehead atoms. The van der Waals surface area contributed by atoms with Crippen LogP contribution in [0.2, 0.25) is 0 Å². The van der Waals surface area contributed by atoms with E-state index in [1.807, 2.05) is 6.92 Å². The number of allylic oxidation sites excluding steroid dienone is 1. The van der Waals surface area contributed by atoms with E-state index in [4.69, 9.17) is 0 Å². The largest absolute Gasteiger partial charge is 0.270 e. The fourth-order valence-corrected chi connectivity index (χ4v) is 1.08. The van der Waals surface area contributed by atoms with Gasteiger partial charge in [-0.15, -0.1) is 0 Å². The second-order valence-corrected chi connectivity index (χ2v) is 2.79. The molecule has 2 nitrogen and oxygen atoms in total. The first-order valence-corrected chi connectivity index (χ1v) is 3.42. The number of amides is 1. The van der Waals surface area contributed by atoms with Crippen molar-refractivity contribution in [1.29, 1.82) is 0 Å². The summed E-state index contributed by atoms with van der Waals surface area (Å²) in [5.74, 6) is 0.302. The predicted octanol–water partition coefficient (Wildman–Crippen LogP) is 1.57. The van der Waals surface area contributed by atoms with Gasteiger partial charge in [0, 0.05) is 11.8 Å². The Morgan fingerprint density at radius 3 is 2.30 bits per heavy atom. The number of aliphatic imine (C=N–C) groups is 1. The molecule has 10 heavy (non-hydrogen) atoms. The third-order valence-electron chi connectivity index (χ3n) is 1.60. The number of carbonyl (C=O) groups is 1. The SMILES string of the molecule is CC1=NC(=O)C=C1C(C)C. The number of hydrogen-bond acceptors (Lipinski definition) is 1. The van der Waals surface area contributed by atoms with Crippen LogP contribution in [0.25, 0.3) is 0 Å². The Hall–Kier alpha value is -0.920. The van der Waals surface area contributed by atoms with Gasteiger partial charge in [-0.25, -0.2) is 4.99 Å². The average molecular weight is 137 g/mol. The number of rotatable bonds is 1. The van der Waals surface area contributed by atoms with E-state index in [1.165, 1.54) is 0 Å². The minimum absolute atomic E-state index is 0.110. The van der Waals surface area contributed by atoms with E-state index >= 15 is 0 Å². The molecular formula is C8H11NO. The zero-order valence-electron chi connectivity index (χ0n) is 6.51.